The first-order chi connectivity index (χ1) is 17.0. The second-order valence-electron chi connectivity index (χ2n) is 8.45. The van der Waals surface area contributed by atoms with E-state index in [0.29, 0.717) is 35.9 Å². The minimum absolute atomic E-state index is 0.164. The minimum atomic E-state index is -0.333. The molecular formula is C27H31ClN4O3. The average Bonchev–Trinajstić information content (AvgIpc) is 3.20. The Kier molecular flexibility index (Phi) is 7.88. The second kappa shape index (κ2) is 11.1. The fourth-order valence-electron chi connectivity index (χ4n) is 4.48. The Morgan fingerprint density at radius 1 is 1.11 bits per heavy atom. The number of esters is 1. The van der Waals surface area contributed by atoms with Gasteiger partial charge < -0.3 is 20.1 Å². The summed E-state index contributed by atoms with van der Waals surface area (Å²) >= 11 is 6.58. The number of rotatable bonds is 9. The van der Waals surface area contributed by atoms with Gasteiger partial charge in [-0.1, -0.05) is 49.7 Å². The van der Waals surface area contributed by atoms with E-state index in [1.54, 1.807) is 20.2 Å². The molecule has 0 unspecified atom stereocenters. The van der Waals surface area contributed by atoms with Gasteiger partial charge in [0.1, 0.15) is 17.7 Å². The molecule has 8 heteroatoms. The van der Waals surface area contributed by atoms with Gasteiger partial charge in [-0.25, -0.2) is 9.97 Å². The summed E-state index contributed by atoms with van der Waals surface area (Å²) < 4.78 is 11.1. The van der Waals surface area contributed by atoms with Crippen LogP contribution in [0.5, 0.6) is 5.75 Å². The maximum atomic E-state index is 12.3. The molecular weight excluding hydrogens is 464 g/mol. The van der Waals surface area contributed by atoms with Crippen LogP contribution < -0.4 is 15.4 Å². The van der Waals surface area contributed by atoms with Crippen LogP contribution in [0.15, 0.2) is 42.5 Å². The predicted molar refractivity (Wildman–Crippen MR) is 138 cm³/mol. The fourth-order valence-corrected chi connectivity index (χ4v) is 4.74. The first-order valence-corrected chi connectivity index (χ1v) is 12.3. The molecule has 2 N–H and O–H groups in total. The molecule has 0 radical (unpaired) electrons. The fraction of sp³-hybridized carbons (Fsp3) is 0.370. The summed E-state index contributed by atoms with van der Waals surface area (Å²) in [6.07, 6.45) is 1.68. The SMILES string of the molecule is CCc1nc(-c2ccc(OC)cc2Cl)c(CC)nc1N[C@H]1c2ccccc2C[C@@H]1OC(=O)CNC. The summed E-state index contributed by atoms with van der Waals surface area (Å²) in [4.78, 5) is 22.3. The number of aromatic nitrogens is 2. The van der Waals surface area contributed by atoms with E-state index in [9.17, 15) is 4.79 Å². The summed E-state index contributed by atoms with van der Waals surface area (Å²) in [6.45, 7) is 4.26. The summed E-state index contributed by atoms with van der Waals surface area (Å²) in [6, 6.07) is 13.5. The molecule has 35 heavy (non-hydrogen) atoms. The highest BCUT2D eigenvalue weighted by Gasteiger charge is 2.36. The van der Waals surface area contributed by atoms with Crippen molar-refractivity contribution >= 4 is 23.4 Å². The van der Waals surface area contributed by atoms with Gasteiger partial charge in [0.25, 0.3) is 0 Å². The van der Waals surface area contributed by atoms with Crippen LogP contribution in [0.3, 0.4) is 0 Å². The summed E-state index contributed by atoms with van der Waals surface area (Å²) in [5, 5.41) is 7.00. The number of methoxy groups -OCH3 is 1. The van der Waals surface area contributed by atoms with Gasteiger partial charge in [0.05, 0.1) is 41.8 Å². The van der Waals surface area contributed by atoms with Gasteiger partial charge in [0.15, 0.2) is 0 Å². The molecule has 0 aliphatic heterocycles. The molecule has 4 rings (SSSR count). The van der Waals surface area contributed by atoms with Crippen LogP contribution in [0.2, 0.25) is 5.02 Å². The maximum absolute atomic E-state index is 12.3. The number of fused-ring (bicyclic) bond motifs is 1. The Morgan fingerprint density at radius 3 is 2.57 bits per heavy atom. The topological polar surface area (TPSA) is 85.4 Å². The highest BCUT2D eigenvalue weighted by Crippen LogP contribution is 2.38. The quantitative estimate of drug-likeness (QED) is 0.414. The number of likely N-dealkylation sites (N-methyl/N-ethyl adjacent to an activating group) is 1. The van der Waals surface area contributed by atoms with E-state index >= 15 is 0 Å². The molecule has 1 aromatic heterocycles. The van der Waals surface area contributed by atoms with Crippen molar-refractivity contribution in [3.8, 4) is 17.0 Å². The predicted octanol–water partition coefficient (Wildman–Crippen LogP) is 4.77. The first-order valence-electron chi connectivity index (χ1n) is 11.9. The number of nitrogens with zero attached hydrogens (tertiary/aromatic N) is 2. The summed E-state index contributed by atoms with van der Waals surface area (Å²) in [7, 11) is 3.34. The molecule has 0 fully saturated rings. The van der Waals surface area contributed by atoms with E-state index < -0.39 is 0 Å². The minimum Gasteiger partial charge on any atom is -0.497 e. The van der Waals surface area contributed by atoms with Crippen molar-refractivity contribution in [2.45, 2.75) is 45.3 Å². The lowest BCUT2D eigenvalue weighted by Crippen LogP contribution is -2.31. The van der Waals surface area contributed by atoms with Crippen molar-refractivity contribution in [3.05, 3.63) is 70.0 Å². The smallest absolute Gasteiger partial charge is 0.320 e. The molecule has 1 aliphatic carbocycles. The van der Waals surface area contributed by atoms with Crippen molar-refractivity contribution in [1.29, 1.82) is 0 Å². The van der Waals surface area contributed by atoms with E-state index in [1.165, 1.54) is 0 Å². The number of benzene rings is 2. The van der Waals surface area contributed by atoms with Gasteiger partial charge >= 0.3 is 5.97 Å². The molecule has 1 heterocycles. The van der Waals surface area contributed by atoms with Crippen LogP contribution in [-0.2, 0) is 28.8 Å². The molecule has 1 aliphatic rings. The molecule has 0 bridgehead atoms. The third kappa shape index (κ3) is 5.26. The van der Waals surface area contributed by atoms with Crippen LogP contribution in [-0.4, -0.2) is 42.7 Å². The molecule has 3 aromatic rings. The molecule has 2 aromatic carbocycles. The lowest BCUT2D eigenvalue weighted by atomic mass is 10.1. The largest absolute Gasteiger partial charge is 0.497 e. The molecule has 2 atom stereocenters. The zero-order valence-electron chi connectivity index (χ0n) is 20.5. The van der Waals surface area contributed by atoms with E-state index in [2.05, 4.69) is 22.8 Å². The van der Waals surface area contributed by atoms with Crippen LogP contribution in [0.4, 0.5) is 5.82 Å². The Bertz CT molecular complexity index is 1220. The molecule has 7 nitrogen and oxygen atoms in total. The van der Waals surface area contributed by atoms with E-state index in [1.807, 2.05) is 38.1 Å². The Labute approximate surface area is 211 Å². The van der Waals surface area contributed by atoms with Crippen molar-refractivity contribution in [2.24, 2.45) is 0 Å². The Balaban J connectivity index is 1.71. The number of anilines is 1. The van der Waals surface area contributed by atoms with Gasteiger partial charge in [-0.15, -0.1) is 0 Å². The highest BCUT2D eigenvalue weighted by molar-refractivity contribution is 6.33. The average molecular weight is 495 g/mol. The monoisotopic (exact) mass is 494 g/mol. The first kappa shape index (κ1) is 24.9. The summed E-state index contributed by atoms with van der Waals surface area (Å²) in [5.74, 6) is 1.12. The van der Waals surface area contributed by atoms with Crippen molar-refractivity contribution in [2.75, 3.05) is 26.0 Å². The lowest BCUT2D eigenvalue weighted by molar-refractivity contribution is -0.148. The standard InChI is InChI=1S/C27H31ClN4O3/c1-5-21-25(19-12-11-17(34-4)14-20(19)28)30-22(6-2)27(31-21)32-26-18-10-8-7-9-16(18)13-23(26)35-24(33)15-29-3/h7-12,14,23,26,29H,5-6,13,15H2,1-4H3,(H,31,32)/t23-,26-/m0/s1. The van der Waals surface area contributed by atoms with Crippen LogP contribution in [0, 0.1) is 0 Å². The zero-order valence-corrected chi connectivity index (χ0v) is 21.3. The number of ether oxygens (including phenoxy) is 2. The molecule has 0 spiro atoms. The van der Waals surface area contributed by atoms with Gasteiger partial charge in [0.2, 0.25) is 0 Å². The number of hydrogen-bond donors (Lipinski definition) is 2. The van der Waals surface area contributed by atoms with Crippen LogP contribution >= 0.6 is 11.6 Å². The number of halogens is 1. The number of carbonyl (C=O) groups is 1. The van der Waals surface area contributed by atoms with Gasteiger partial charge in [-0.3, -0.25) is 4.79 Å². The normalized spacial score (nSPS) is 16.6. The van der Waals surface area contributed by atoms with Crippen molar-refractivity contribution < 1.29 is 14.3 Å². The highest BCUT2D eigenvalue weighted by atomic mass is 35.5. The number of hydrogen-bond acceptors (Lipinski definition) is 7. The maximum Gasteiger partial charge on any atom is 0.320 e. The van der Waals surface area contributed by atoms with Crippen LogP contribution in [0.25, 0.3) is 11.3 Å². The van der Waals surface area contributed by atoms with Gasteiger partial charge in [-0.05, 0) is 49.2 Å². The molecule has 0 amide bonds. The van der Waals surface area contributed by atoms with Crippen LogP contribution in [0.1, 0.15) is 42.4 Å². The van der Waals surface area contributed by atoms with E-state index in [4.69, 9.17) is 31.0 Å². The summed E-state index contributed by atoms with van der Waals surface area (Å²) in [5.41, 5.74) is 5.53. The zero-order chi connectivity index (χ0) is 24.9. The van der Waals surface area contributed by atoms with Gasteiger partial charge in [0, 0.05) is 12.0 Å². The lowest BCUT2D eigenvalue weighted by Gasteiger charge is -2.24. The Morgan fingerprint density at radius 2 is 1.89 bits per heavy atom. The molecule has 184 valence electrons. The third-order valence-electron chi connectivity index (χ3n) is 6.22. The number of aryl methyl sites for hydroxylation is 2. The van der Waals surface area contributed by atoms with E-state index in [0.717, 1.165) is 33.8 Å². The number of carbonyl (C=O) groups excluding carboxylic acids is 1. The van der Waals surface area contributed by atoms with Crippen molar-refractivity contribution in [1.82, 2.24) is 15.3 Å². The molecule has 0 saturated heterocycles. The Hall–Kier alpha value is -3.16. The third-order valence-corrected chi connectivity index (χ3v) is 6.53. The second-order valence-corrected chi connectivity index (χ2v) is 8.86. The van der Waals surface area contributed by atoms with Crippen molar-refractivity contribution in [3.63, 3.8) is 0 Å². The van der Waals surface area contributed by atoms with Gasteiger partial charge in [-0.2, -0.15) is 0 Å². The van der Waals surface area contributed by atoms with E-state index in [-0.39, 0.29) is 24.7 Å². The number of nitrogens with one attached hydrogen (secondary N) is 2. The molecule has 0 saturated carbocycles.